The SMILES string of the molecule is Cc1ccnc(Nc2cc(Nc3ccc(NC(=O)Cn4c(=O)oc5ccccc54)cc3)nc(C)n2)c1. The van der Waals surface area contributed by atoms with Crippen LogP contribution < -0.4 is 21.7 Å². The highest BCUT2D eigenvalue weighted by Gasteiger charge is 2.12. The van der Waals surface area contributed by atoms with E-state index in [1.807, 2.05) is 38.1 Å². The van der Waals surface area contributed by atoms with Gasteiger partial charge in [-0.25, -0.2) is 19.7 Å². The molecule has 5 rings (SSSR count). The standard InChI is InChI=1S/C26H23N7O3/c1-16-11-12-27-22(13-16)32-24-14-23(28-17(2)29-24)30-18-7-9-19(10-8-18)31-25(34)15-33-20-5-3-4-6-21(20)36-26(33)35/h3-14H,15H2,1-2H3,(H,31,34)(H2,27,28,29,30,32). The van der Waals surface area contributed by atoms with E-state index in [-0.39, 0.29) is 12.5 Å². The van der Waals surface area contributed by atoms with Crippen LogP contribution in [0.1, 0.15) is 11.4 Å². The fourth-order valence-electron chi connectivity index (χ4n) is 3.72. The van der Waals surface area contributed by atoms with Crippen LogP contribution in [0.3, 0.4) is 0 Å². The lowest BCUT2D eigenvalue weighted by atomic mass is 10.2. The average Bonchev–Trinajstić information content (AvgIpc) is 3.15. The third kappa shape index (κ3) is 5.22. The fraction of sp³-hybridized carbons (Fsp3) is 0.115. The lowest BCUT2D eigenvalue weighted by Crippen LogP contribution is -2.24. The molecule has 5 aromatic rings. The predicted octanol–water partition coefficient (Wildman–Crippen LogP) is 4.52. The summed E-state index contributed by atoms with van der Waals surface area (Å²) in [5, 5.41) is 9.24. The number of nitrogens with one attached hydrogen (secondary N) is 3. The van der Waals surface area contributed by atoms with Crippen molar-refractivity contribution in [1.82, 2.24) is 19.5 Å². The summed E-state index contributed by atoms with van der Waals surface area (Å²) in [6.45, 7) is 3.66. The van der Waals surface area contributed by atoms with Crippen LogP contribution in [-0.4, -0.2) is 25.4 Å². The number of hydrogen-bond acceptors (Lipinski definition) is 8. The van der Waals surface area contributed by atoms with Gasteiger partial charge >= 0.3 is 5.76 Å². The molecular weight excluding hydrogens is 458 g/mol. The number of carbonyl (C=O) groups excluding carboxylic acids is 1. The van der Waals surface area contributed by atoms with Gasteiger partial charge in [0.25, 0.3) is 0 Å². The molecule has 0 bridgehead atoms. The molecular formula is C26H23N7O3. The minimum absolute atomic E-state index is 0.151. The van der Waals surface area contributed by atoms with Crippen molar-refractivity contribution in [3.05, 3.63) is 94.9 Å². The first kappa shape index (κ1) is 22.8. The molecule has 0 aliphatic rings. The molecule has 0 saturated heterocycles. The van der Waals surface area contributed by atoms with Crippen molar-refractivity contribution >= 4 is 45.8 Å². The summed E-state index contributed by atoms with van der Waals surface area (Å²) in [6, 6.07) is 19.8. The Hall–Kier alpha value is -4.99. The van der Waals surface area contributed by atoms with E-state index in [1.165, 1.54) is 4.57 Å². The maximum atomic E-state index is 12.5. The van der Waals surface area contributed by atoms with Gasteiger partial charge in [-0.3, -0.25) is 9.36 Å². The van der Waals surface area contributed by atoms with Crippen LogP contribution in [0.25, 0.3) is 11.1 Å². The zero-order chi connectivity index (χ0) is 25.1. The van der Waals surface area contributed by atoms with Crippen molar-refractivity contribution in [1.29, 1.82) is 0 Å². The number of oxazole rings is 1. The molecule has 36 heavy (non-hydrogen) atoms. The van der Waals surface area contributed by atoms with Crippen LogP contribution in [0.4, 0.5) is 28.8 Å². The zero-order valence-corrected chi connectivity index (χ0v) is 19.6. The Morgan fingerprint density at radius 1 is 0.889 bits per heavy atom. The van der Waals surface area contributed by atoms with Crippen LogP contribution in [0.5, 0.6) is 0 Å². The van der Waals surface area contributed by atoms with Crippen molar-refractivity contribution in [2.75, 3.05) is 16.0 Å². The van der Waals surface area contributed by atoms with E-state index in [0.717, 1.165) is 11.3 Å². The number of para-hydroxylation sites is 2. The third-order valence-corrected chi connectivity index (χ3v) is 5.33. The van der Waals surface area contributed by atoms with Gasteiger partial charge in [-0.1, -0.05) is 12.1 Å². The molecule has 10 nitrogen and oxygen atoms in total. The number of benzene rings is 2. The number of aromatic nitrogens is 4. The highest BCUT2D eigenvalue weighted by molar-refractivity contribution is 5.91. The molecule has 0 radical (unpaired) electrons. The number of pyridine rings is 1. The molecule has 3 heterocycles. The molecule has 10 heteroatoms. The van der Waals surface area contributed by atoms with Crippen LogP contribution in [0.2, 0.25) is 0 Å². The van der Waals surface area contributed by atoms with E-state index >= 15 is 0 Å². The van der Waals surface area contributed by atoms with E-state index in [1.54, 1.807) is 48.7 Å². The molecule has 2 aromatic carbocycles. The van der Waals surface area contributed by atoms with E-state index < -0.39 is 5.76 Å². The van der Waals surface area contributed by atoms with Crippen LogP contribution in [0, 0.1) is 13.8 Å². The highest BCUT2D eigenvalue weighted by Crippen LogP contribution is 2.21. The quantitative estimate of drug-likeness (QED) is 0.310. The summed E-state index contributed by atoms with van der Waals surface area (Å²) in [5.41, 5.74) is 3.48. The minimum Gasteiger partial charge on any atom is -0.408 e. The Balaban J connectivity index is 1.24. The third-order valence-electron chi connectivity index (χ3n) is 5.33. The van der Waals surface area contributed by atoms with E-state index in [2.05, 4.69) is 30.9 Å². The zero-order valence-electron chi connectivity index (χ0n) is 19.6. The molecule has 3 N–H and O–H groups in total. The van der Waals surface area contributed by atoms with Crippen molar-refractivity contribution < 1.29 is 9.21 Å². The Morgan fingerprint density at radius 2 is 1.61 bits per heavy atom. The fourth-order valence-corrected chi connectivity index (χ4v) is 3.72. The molecule has 180 valence electrons. The summed E-state index contributed by atoms with van der Waals surface area (Å²) in [4.78, 5) is 37.8. The number of aryl methyl sites for hydroxylation is 2. The van der Waals surface area contributed by atoms with Gasteiger partial charge in [0, 0.05) is 23.6 Å². The number of hydrogen-bond donors (Lipinski definition) is 3. The number of fused-ring (bicyclic) bond motifs is 1. The lowest BCUT2D eigenvalue weighted by Gasteiger charge is -2.11. The first-order valence-electron chi connectivity index (χ1n) is 11.2. The molecule has 1 amide bonds. The Labute approximate surface area is 206 Å². The van der Waals surface area contributed by atoms with Gasteiger partial charge in [0.2, 0.25) is 5.91 Å². The number of anilines is 5. The summed E-state index contributed by atoms with van der Waals surface area (Å²) < 4.78 is 6.48. The molecule has 0 unspecified atom stereocenters. The molecule has 3 aromatic heterocycles. The van der Waals surface area contributed by atoms with Crippen LogP contribution >= 0.6 is 0 Å². The highest BCUT2D eigenvalue weighted by atomic mass is 16.4. The second-order valence-corrected chi connectivity index (χ2v) is 8.20. The van der Waals surface area contributed by atoms with Crippen molar-refractivity contribution in [2.24, 2.45) is 0 Å². The maximum Gasteiger partial charge on any atom is 0.420 e. The maximum absolute atomic E-state index is 12.5. The Morgan fingerprint density at radius 3 is 2.39 bits per heavy atom. The van der Waals surface area contributed by atoms with Gasteiger partial charge in [0.1, 0.15) is 29.8 Å². The monoisotopic (exact) mass is 481 g/mol. The molecule has 0 saturated carbocycles. The first-order chi connectivity index (χ1) is 17.4. The number of carbonyl (C=O) groups is 1. The topological polar surface area (TPSA) is 127 Å². The van der Waals surface area contributed by atoms with Gasteiger partial charge in [0.15, 0.2) is 5.58 Å². The second kappa shape index (κ2) is 9.71. The molecule has 0 atom stereocenters. The largest absolute Gasteiger partial charge is 0.420 e. The van der Waals surface area contributed by atoms with Gasteiger partial charge in [-0.2, -0.15) is 0 Å². The van der Waals surface area contributed by atoms with Crippen molar-refractivity contribution in [2.45, 2.75) is 20.4 Å². The smallest absolute Gasteiger partial charge is 0.408 e. The normalized spacial score (nSPS) is 10.8. The summed E-state index contributed by atoms with van der Waals surface area (Å²) in [5.74, 6) is 1.62. The molecule has 0 aliphatic heterocycles. The molecule has 0 aliphatic carbocycles. The number of amides is 1. The molecule has 0 fully saturated rings. The van der Waals surface area contributed by atoms with Crippen LogP contribution in [0.15, 0.2) is 82.1 Å². The van der Waals surface area contributed by atoms with E-state index in [0.29, 0.717) is 40.1 Å². The van der Waals surface area contributed by atoms with Gasteiger partial charge < -0.3 is 20.4 Å². The predicted molar refractivity (Wildman–Crippen MR) is 138 cm³/mol. The van der Waals surface area contributed by atoms with E-state index in [4.69, 9.17) is 4.42 Å². The Kier molecular flexibility index (Phi) is 6.14. The summed E-state index contributed by atoms with van der Waals surface area (Å²) in [6.07, 6.45) is 1.74. The second-order valence-electron chi connectivity index (χ2n) is 8.20. The van der Waals surface area contributed by atoms with Gasteiger partial charge in [-0.05, 0) is 67.9 Å². The average molecular weight is 482 g/mol. The van der Waals surface area contributed by atoms with Gasteiger partial charge in [-0.15, -0.1) is 0 Å². The summed E-state index contributed by atoms with van der Waals surface area (Å²) >= 11 is 0. The Bertz CT molecular complexity index is 1610. The first-order valence-corrected chi connectivity index (χ1v) is 11.2. The lowest BCUT2D eigenvalue weighted by molar-refractivity contribution is -0.116. The van der Waals surface area contributed by atoms with Gasteiger partial charge in [0.05, 0.1) is 5.52 Å². The van der Waals surface area contributed by atoms with Crippen LogP contribution in [-0.2, 0) is 11.3 Å². The summed E-state index contributed by atoms with van der Waals surface area (Å²) in [7, 11) is 0. The molecule has 0 spiro atoms. The minimum atomic E-state index is -0.571. The number of nitrogens with zero attached hydrogens (tertiary/aromatic N) is 4. The van der Waals surface area contributed by atoms with Crippen molar-refractivity contribution in [3.8, 4) is 0 Å². The van der Waals surface area contributed by atoms with Crippen molar-refractivity contribution in [3.63, 3.8) is 0 Å². The number of rotatable bonds is 7. The van der Waals surface area contributed by atoms with E-state index in [9.17, 15) is 9.59 Å².